The van der Waals surface area contributed by atoms with Crippen molar-refractivity contribution in [2.45, 2.75) is 32.0 Å². The lowest BCUT2D eigenvalue weighted by Gasteiger charge is -2.33. The summed E-state index contributed by atoms with van der Waals surface area (Å²) >= 11 is 1.68. The van der Waals surface area contributed by atoms with Crippen LogP contribution in [0.25, 0.3) is 0 Å². The summed E-state index contributed by atoms with van der Waals surface area (Å²) in [6, 6.07) is 13.4. The van der Waals surface area contributed by atoms with E-state index in [0.717, 1.165) is 39.0 Å². The molecule has 3 heterocycles. The van der Waals surface area contributed by atoms with Crippen molar-refractivity contribution < 1.29 is 4.79 Å². The van der Waals surface area contributed by atoms with Crippen molar-refractivity contribution in [1.82, 2.24) is 15.1 Å². The largest absolute Gasteiger partial charge is 0.333 e. The monoisotopic (exact) mass is 341 g/mol. The summed E-state index contributed by atoms with van der Waals surface area (Å²) in [4.78, 5) is 18.1. The molecule has 1 saturated heterocycles. The van der Waals surface area contributed by atoms with Gasteiger partial charge in [0.05, 0.1) is 6.54 Å². The Hall–Kier alpha value is -1.85. The zero-order chi connectivity index (χ0) is 16.4. The first-order valence-electron chi connectivity index (χ1n) is 8.65. The number of carbonyl (C=O) groups excluding carboxylic acids is 1. The van der Waals surface area contributed by atoms with Gasteiger partial charge in [-0.05, 0) is 35.4 Å². The summed E-state index contributed by atoms with van der Waals surface area (Å²) in [6.07, 6.45) is 2.20. The first-order chi connectivity index (χ1) is 11.8. The minimum absolute atomic E-state index is 0.0725. The molecule has 1 unspecified atom stereocenters. The number of urea groups is 1. The molecule has 2 aliphatic rings. The number of nitrogens with one attached hydrogen (secondary N) is 1. The van der Waals surface area contributed by atoms with Crippen LogP contribution in [0.1, 0.15) is 22.4 Å². The van der Waals surface area contributed by atoms with E-state index in [2.05, 4.69) is 40.5 Å². The van der Waals surface area contributed by atoms with Crippen molar-refractivity contribution in [2.24, 2.45) is 0 Å². The van der Waals surface area contributed by atoms with Crippen LogP contribution < -0.4 is 5.32 Å². The van der Waals surface area contributed by atoms with E-state index in [1.54, 1.807) is 11.3 Å². The lowest BCUT2D eigenvalue weighted by Crippen LogP contribution is -2.43. The Bertz CT molecular complexity index is 700. The van der Waals surface area contributed by atoms with Gasteiger partial charge in [0.2, 0.25) is 0 Å². The Morgan fingerprint density at radius 3 is 2.88 bits per heavy atom. The third kappa shape index (κ3) is 3.32. The van der Waals surface area contributed by atoms with E-state index in [4.69, 9.17) is 0 Å². The predicted molar refractivity (Wildman–Crippen MR) is 97.1 cm³/mol. The smallest absolute Gasteiger partial charge is 0.317 e. The number of rotatable bonds is 3. The molecule has 5 heteroatoms. The van der Waals surface area contributed by atoms with Crippen LogP contribution in [-0.2, 0) is 19.5 Å². The molecule has 1 atom stereocenters. The summed E-state index contributed by atoms with van der Waals surface area (Å²) in [5, 5.41) is 5.09. The highest BCUT2D eigenvalue weighted by Crippen LogP contribution is 2.24. The molecule has 4 rings (SSSR count). The molecule has 0 saturated carbocycles. The third-order valence-electron chi connectivity index (χ3n) is 5.12. The second kappa shape index (κ2) is 6.95. The van der Waals surface area contributed by atoms with E-state index in [-0.39, 0.29) is 6.03 Å². The average molecular weight is 341 g/mol. The van der Waals surface area contributed by atoms with Crippen LogP contribution in [0.15, 0.2) is 41.8 Å². The maximum Gasteiger partial charge on any atom is 0.317 e. The maximum absolute atomic E-state index is 12.4. The summed E-state index contributed by atoms with van der Waals surface area (Å²) in [5.74, 6) is 0. The molecule has 1 aromatic heterocycles. The molecular formula is C19H23N3OS. The number of amides is 2. The molecule has 4 nitrogen and oxygen atoms in total. The van der Waals surface area contributed by atoms with Gasteiger partial charge in [0, 0.05) is 37.1 Å². The molecule has 0 aliphatic carbocycles. The summed E-state index contributed by atoms with van der Waals surface area (Å²) in [7, 11) is 0. The second-order valence-corrected chi connectivity index (χ2v) is 7.65. The summed E-state index contributed by atoms with van der Waals surface area (Å²) in [5.41, 5.74) is 2.93. The molecule has 2 aromatic rings. The van der Waals surface area contributed by atoms with Gasteiger partial charge in [-0.25, -0.2) is 4.79 Å². The van der Waals surface area contributed by atoms with E-state index in [1.807, 2.05) is 16.3 Å². The summed E-state index contributed by atoms with van der Waals surface area (Å²) in [6.45, 7) is 4.46. The minimum Gasteiger partial charge on any atom is -0.333 e. The number of likely N-dealkylation sites (tertiary alicyclic amines) is 1. The Labute approximate surface area is 147 Å². The number of nitrogens with zero attached hydrogens (tertiary/aromatic N) is 2. The number of carbonyl (C=O) groups is 1. The van der Waals surface area contributed by atoms with Gasteiger partial charge in [0.15, 0.2) is 0 Å². The number of hydrogen-bond donors (Lipinski definition) is 1. The van der Waals surface area contributed by atoms with Crippen molar-refractivity contribution in [3.63, 3.8) is 0 Å². The number of fused-ring (bicyclic) bond motifs is 1. The molecule has 1 N–H and O–H groups in total. The lowest BCUT2D eigenvalue weighted by atomic mass is 9.98. The predicted octanol–water partition coefficient (Wildman–Crippen LogP) is 3.09. The molecule has 24 heavy (non-hydrogen) atoms. The molecule has 126 valence electrons. The quantitative estimate of drug-likeness (QED) is 0.931. The fourth-order valence-corrected chi connectivity index (χ4v) is 4.39. The second-order valence-electron chi connectivity index (χ2n) is 6.62. The minimum atomic E-state index is 0.0725. The van der Waals surface area contributed by atoms with Crippen LogP contribution in [0.3, 0.4) is 0 Å². The van der Waals surface area contributed by atoms with Crippen molar-refractivity contribution in [3.8, 4) is 0 Å². The molecule has 1 fully saturated rings. The fraction of sp³-hybridized carbons (Fsp3) is 0.421. The zero-order valence-electron chi connectivity index (χ0n) is 13.8. The third-order valence-corrected chi connectivity index (χ3v) is 6.00. The fourth-order valence-electron chi connectivity index (χ4n) is 3.74. The topological polar surface area (TPSA) is 35.6 Å². The average Bonchev–Trinajstić information content (AvgIpc) is 3.31. The van der Waals surface area contributed by atoms with E-state index in [1.165, 1.54) is 16.0 Å². The Kier molecular flexibility index (Phi) is 4.54. The molecule has 2 amide bonds. The number of benzene rings is 1. The van der Waals surface area contributed by atoms with Crippen LogP contribution in [-0.4, -0.2) is 41.5 Å². The van der Waals surface area contributed by atoms with Gasteiger partial charge >= 0.3 is 6.03 Å². The number of thiophene rings is 1. The highest BCUT2D eigenvalue weighted by atomic mass is 32.1. The molecular weight excluding hydrogens is 318 g/mol. The number of hydrogen-bond acceptors (Lipinski definition) is 3. The van der Waals surface area contributed by atoms with Crippen LogP contribution in [0, 0.1) is 0 Å². The van der Waals surface area contributed by atoms with Crippen molar-refractivity contribution in [1.29, 1.82) is 0 Å². The Balaban J connectivity index is 1.31. The molecule has 1 aromatic carbocycles. The van der Waals surface area contributed by atoms with Crippen LogP contribution in [0.2, 0.25) is 0 Å². The van der Waals surface area contributed by atoms with E-state index in [9.17, 15) is 4.79 Å². The van der Waals surface area contributed by atoms with Crippen molar-refractivity contribution in [2.75, 3.05) is 19.6 Å². The highest BCUT2D eigenvalue weighted by molar-refractivity contribution is 7.09. The Morgan fingerprint density at radius 2 is 2.04 bits per heavy atom. The Morgan fingerprint density at radius 1 is 1.17 bits per heavy atom. The van der Waals surface area contributed by atoms with E-state index in [0.29, 0.717) is 12.6 Å². The lowest BCUT2D eigenvalue weighted by molar-refractivity contribution is 0.173. The van der Waals surface area contributed by atoms with Crippen molar-refractivity contribution >= 4 is 17.4 Å². The maximum atomic E-state index is 12.4. The van der Waals surface area contributed by atoms with Crippen LogP contribution in [0.4, 0.5) is 4.79 Å². The first kappa shape index (κ1) is 15.7. The van der Waals surface area contributed by atoms with Gasteiger partial charge < -0.3 is 10.2 Å². The van der Waals surface area contributed by atoms with Gasteiger partial charge in [-0.2, -0.15) is 0 Å². The van der Waals surface area contributed by atoms with Gasteiger partial charge in [-0.1, -0.05) is 30.3 Å². The zero-order valence-corrected chi connectivity index (χ0v) is 14.6. The van der Waals surface area contributed by atoms with Gasteiger partial charge in [0.1, 0.15) is 0 Å². The van der Waals surface area contributed by atoms with Crippen molar-refractivity contribution in [3.05, 3.63) is 57.8 Å². The molecule has 0 spiro atoms. The molecule has 2 aliphatic heterocycles. The van der Waals surface area contributed by atoms with E-state index < -0.39 is 0 Å². The van der Waals surface area contributed by atoms with E-state index >= 15 is 0 Å². The standard InChI is InChI=1S/C19H23N3OS/c23-19(20-12-18-6-3-11-24-18)22-10-8-17(14-22)21-9-7-15-4-1-2-5-16(15)13-21/h1-6,11,17H,7-10,12-14H2,(H,20,23). The normalized spacial score (nSPS) is 20.8. The molecule has 0 bridgehead atoms. The SMILES string of the molecule is O=C(NCc1cccs1)N1CCC(N2CCc3ccccc3C2)C1. The highest BCUT2D eigenvalue weighted by Gasteiger charge is 2.31. The first-order valence-corrected chi connectivity index (χ1v) is 9.53. The molecule has 0 radical (unpaired) electrons. The van der Waals surface area contributed by atoms with Crippen LogP contribution in [0.5, 0.6) is 0 Å². The summed E-state index contributed by atoms with van der Waals surface area (Å²) < 4.78 is 0. The van der Waals surface area contributed by atoms with Gasteiger partial charge in [-0.15, -0.1) is 11.3 Å². The van der Waals surface area contributed by atoms with Gasteiger partial charge in [0.25, 0.3) is 0 Å². The van der Waals surface area contributed by atoms with Gasteiger partial charge in [-0.3, -0.25) is 4.90 Å². The van der Waals surface area contributed by atoms with Crippen LogP contribution >= 0.6 is 11.3 Å².